The number of alkyl halides is 2. The summed E-state index contributed by atoms with van der Waals surface area (Å²) in [6, 6.07) is 6.47. The number of halogens is 3. The molecule has 0 unspecified atom stereocenters. The quantitative estimate of drug-likeness (QED) is 0.369. The molecule has 0 spiro atoms. The van der Waals surface area contributed by atoms with E-state index in [2.05, 4.69) is 25.0 Å². The summed E-state index contributed by atoms with van der Waals surface area (Å²) in [5, 5.41) is 12.8. The maximum absolute atomic E-state index is 13.2. The molecule has 13 heteroatoms. The largest absolute Gasteiger partial charge is 0.435 e. The van der Waals surface area contributed by atoms with E-state index in [4.69, 9.17) is 16.3 Å². The molecule has 216 valence electrons. The number of aliphatic hydroxyl groups excluding tert-OH is 1. The molecule has 0 saturated carbocycles. The van der Waals surface area contributed by atoms with E-state index in [1.54, 1.807) is 24.5 Å². The third-order valence-electron chi connectivity index (χ3n) is 7.05. The second-order valence-corrected chi connectivity index (χ2v) is 10.3. The smallest absolute Gasteiger partial charge is 0.387 e. The van der Waals surface area contributed by atoms with Gasteiger partial charge in [-0.25, -0.2) is 9.97 Å². The summed E-state index contributed by atoms with van der Waals surface area (Å²) in [6.07, 6.45) is 5.73. The third-order valence-corrected chi connectivity index (χ3v) is 7.32. The minimum Gasteiger partial charge on any atom is -0.435 e. The number of benzene rings is 1. The van der Waals surface area contributed by atoms with Crippen LogP contribution >= 0.6 is 11.6 Å². The number of hydrogen-bond donors (Lipinski definition) is 2. The van der Waals surface area contributed by atoms with Crippen LogP contribution in [0.5, 0.6) is 5.75 Å². The van der Waals surface area contributed by atoms with Crippen LogP contribution in [0.4, 0.5) is 8.78 Å². The molecular formula is C28H28ClF2N5O5. The van der Waals surface area contributed by atoms with Gasteiger partial charge in [-0.1, -0.05) is 23.7 Å². The zero-order valence-corrected chi connectivity index (χ0v) is 22.7. The number of nitrogens with one attached hydrogen (secondary N) is 1. The molecular weight excluding hydrogens is 560 g/mol. The van der Waals surface area contributed by atoms with Crippen molar-refractivity contribution in [2.75, 3.05) is 26.4 Å². The Hall–Kier alpha value is -3.74. The van der Waals surface area contributed by atoms with Crippen LogP contribution in [-0.2, 0) is 22.5 Å². The highest BCUT2D eigenvalue weighted by molar-refractivity contribution is 6.32. The van der Waals surface area contributed by atoms with Crippen molar-refractivity contribution >= 4 is 23.4 Å². The van der Waals surface area contributed by atoms with Crippen LogP contribution in [0, 0.1) is 5.92 Å². The summed E-state index contributed by atoms with van der Waals surface area (Å²) in [6.45, 7) is -2.22. The van der Waals surface area contributed by atoms with Crippen molar-refractivity contribution in [3.63, 3.8) is 0 Å². The molecule has 1 saturated heterocycles. The molecule has 2 N–H and O–H groups in total. The molecule has 1 fully saturated rings. The SMILES string of the molecule is O=C(CN1Cc2ncc(-c3nc(CC4CCOCC4)ncc3Cl)cc2C1=O)N[C@H](CO)c1cccc(OC(F)F)c1. The first-order valence-corrected chi connectivity index (χ1v) is 13.5. The molecule has 4 heterocycles. The van der Waals surface area contributed by atoms with E-state index < -0.39 is 25.2 Å². The van der Waals surface area contributed by atoms with Gasteiger partial charge in [0.05, 0.1) is 41.2 Å². The average Bonchev–Trinajstić information content (AvgIpc) is 3.27. The number of amides is 2. The Labute approximate surface area is 239 Å². The number of carbonyl (C=O) groups excluding carboxylic acids is 2. The Kier molecular flexibility index (Phi) is 9.01. The van der Waals surface area contributed by atoms with Gasteiger partial charge in [0.2, 0.25) is 5.91 Å². The highest BCUT2D eigenvalue weighted by atomic mass is 35.5. The summed E-state index contributed by atoms with van der Waals surface area (Å²) in [5.74, 6) is 0.0626. The summed E-state index contributed by atoms with van der Waals surface area (Å²) < 4.78 is 35.0. The highest BCUT2D eigenvalue weighted by Crippen LogP contribution is 2.30. The number of aromatic nitrogens is 3. The second-order valence-electron chi connectivity index (χ2n) is 9.88. The molecule has 0 aliphatic carbocycles. The van der Waals surface area contributed by atoms with Crippen LogP contribution < -0.4 is 10.1 Å². The zero-order valence-electron chi connectivity index (χ0n) is 21.9. The van der Waals surface area contributed by atoms with Crippen LogP contribution in [0.2, 0.25) is 5.02 Å². The van der Waals surface area contributed by atoms with E-state index in [1.165, 1.54) is 23.1 Å². The highest BCUT2D eigenvalue weighted by Gasteiger charge is 2.31. The minimum atomic E-state index is -3.01. The maximum atomic E-state index is 13.2. The summed E-state index contributed by atoms with van der Waals surface area (Å²) in [5.41, 5.74) is 2.27. The van der Waals surface area contributed by atoms with Gasteiger partial charge in [-0.3, -0.25) is 14.6 Å². The van der Waals surface area contributed by atoms with E-state index in [1.807, 2.05) is 0 Å². The Balaban J connectivity index is 1.25. The molecule has 10 nitrogen and oxygen atoms in total. The number of fused-ring (bicyclic) bond motifs is 1. The lowest BCUT2D eigenvalue weighted by Gasteiger charge is -2.21. The van der Waals surface area contributed by atoms with Crippen molar-refractivity contribution in [1.29, 1.82) is 0 Å². The van der Waals surface area contributed by atoms with Gasteiger partial charge in [-0.05, 0) is 42.5 Å². The molecule has 0 bridgehead atoms. The van der Waals surface area contributed by atoms with Gasteiger partial charge in [0.1, 0.15) is 18.1 Å². The third kappa shape index (κ3) is 6.95. The summed E-state index contributed by atoms with van der Waals surface area (Å²) in [4.78, 5) is 40.8. The molecule has 1 aromatic carbocycles. The van der Waals surface area contributed by atoms with Gasteiger partial charge in [-0.2, -0.15) is 8.78 Å². The first-order chi connectivity index (χ1) is 19.8. The van der Waals surface area contributed by atoms with Crippen molar-refractivity contribution in [1.82, 2.24) is 25.2 Å². The molecule has 41 heavy (non-hydrogen) atoms. The Bertz CT molecular complexity index is 1420. The molecule has 2 aliphatic heterocycles. The van der Waals surface area contributed by atoms with Crippen molar-refractivity contribution in [3.8, 4) is 17.0 Å². The number of nitrogens with zero attached hydrogens (tertiary/aromatic N) is 4. The molecule has 5 rings (SSSR count). The van der Waals surface area contributed by atoms with Crippen molar-refractivity contribution < 1.29 is 33.0 Å². The fraction of sp³-hybridized carbons (Fsp3) is 0.393. The number of carbonyl (C=O) groups is 2. The summed E-state index contributed by atoms with van der Waals surface area (Å²) in [7, 11) is 0. The lowest BCUT2D eigenvalue weighted by Crippen LogP contribution is -2.40. The normalized spacial score (nSPS) is 16.1. The fourth-order valence-corrected chi connectivity index (χ4v) is 5.15. The number of hydrogen-bond acceptors (Lipinski definition) is 8. The molecule has 3 aromatic rings. The Morgan fingerprint density at radius 3 is 2.78 bits per heavy atom. The number of ether oxygens (including phenoxy) is 2. The topological polar surface area (TPSA) is 127 Å². The van der Waals surface area contributed by atoms with E-state index in [9.17, 15) is 23.5 Å². The van der Waals surface area contributed by atoms with Gasteiger partial charge in [-0.15, -0.1) is 0 Å². The van der Waals surface area contributed by atoms with E-state index >= 15 is 0 Å². The maximum Gasteiger partial charge on any atom is 0.387 e. The lowest BCUT2D eigenvalue weighted by molar-refractivity contribution is -0.122. The van der Waals surface area contributed by atoms with Crippen molar-refractivity contribution in [2.24, 2.45) is 5.92 Å². The zero-order chi connectivity index (χ0) is 28.9. The minimum absolute atomic E-state index is 0.100. The molecule has 0 radical (unpaired) electrons. The van der Waals surface area contributed by atoms with Crippen LogP contribution in [-0.4, -0.2) is 69.7 Å². The van der Waals surface area contributed by atoms with Gasteiger partial charge in [0.15, 0.2) is 0 Å². The van der Waals surface area contributed by atoms with Crippen LogP contribution in [0.25, 0.3) is 11.3 Å². The predicted molar refractivity (Wildman–Crippen MR) is 143 cm³/mol. The van der Waals surface area contributed by atoms with E-state index in [0.29, 0.717) is 51.3 Å². The van der Waals surface area contributed by atoms with Crippen molar-refractivity contribution in [3.05, 3.63) is 70.4 Å². The summed E-state index contributed by atoms with van der Waals surface area (Å²) >= 11 is 6.42. The van der Waals surface area contributed by atoms with Gasteiger partial charge in [0.25, 0.3) is 5.91 Å². The van der Waals surface area contributed by atoms with Crippen LogP contribution in [0.1, 0.15) is 46.3 Å². The van der Waals surface area contributed by atoms with Crippen molar-refractivity contribution in [2.45, 2.75) is 38.5 Å². The number of rotatable bonds is 10. The van der Waals surface area contributed by atoms with Gasteiger partial charge in [0, 0.05) is 37.6 Å². The van der Waals surface area contributed by atoms with Crippen LogP contribution in [0.15, 0.2) is 42.7 Å². The Morgan fingerprint density at radius 2 is 2.02 bits per heavy atom. The number of aliphatic hydroxyl groups is 1. The monoisotopic (exact) mass is 587 g/mol. The number of pyridine rings is 1. The van der Waals surface area contributed by atoms with Gasteiger partial charge >= 0.3 is 6.61 Å². The average molecular weight is 588 g/mol. The first kappa shape index (κ1) is 28.8. The van der Waals surface area contributed by atoms with Gasteiger partial charge < -0.3 is 24.8 Å². The van der Waals surface area contributed by atoms with E-state index in [-0.39, 0.29) is 24.7 Å². The van der Waals surface area contributed by atoms with Crippen LogP contribution in [0.3, 0.4) is 0 Å². The standard InChI is InChI=1S/C28H28ClF2N5O5/c29-21-12-33-24(8-16-4-6-40-7-5-16)35-26(21)18-10-20-22(32-11-18)13-36(27(20)39)14-25(38)34-23(15-37)17-2-1-3-19(9-17)41-28(30)31/h1-3,9-12,16,23,28,37H,4-8,13-15H2,(H,34,38)/t23-/m1/s1. The second kappa shape index (κ2) is 12.8. The Morgan fingerprint density at radius 1 is 1.22 bits per heavy atom. The first-order valence-electron chi connectivity index (χ1n) is 13.1. The molecule has 2 amide bonds. The molecule has 2 aromatic heterocycles. The molecule has 1 atom stereocenters. The van der Waals surface area contributed by atoms with E-state index in [0.717, 1.165) is 26.1 Å². The predicted octanol–water partition coefficient (Wildman–Crippen LogP) is 3.57. The molecule has 2 aliphatic rings. The lowest BCUT2D eigenvalue weighted by atomic mass is 9.96. The fourth-order valence-electron chi connectivity index (χ4n) is 4.95.